The van der Waals surface area contributed by atoms with Crippen LogP contribution in [0.2, 0.25) is 5.02 Å². The molecule has 4 nitrogen and oxygen atoms in total. The van der Waals surface area contributed by atoms with Gasteiger partial charge in [-0.3, -0.25) is 9.59 Å². The number of nitrogens with one attached hydrogen (secondary N) is 2. The molecule has 114 valence electrons. The van der Waals surface area contributed by atoms with E-state index >= 15 is 0 Å². The molecular formula is C17H17ClN2O2. The first-order valence-electron chi connectivity index (χ1n) is 6.87. The molecule has 1 heterocycles. The average molecular weight is 317 g/mol. The molecule has 2 N–H and O–H groups in total. The highest BCUT2D eigenvalue weighted by Crippen LogP contribution is 2.16. The molecule has 0 atom stereocenters. The molecule has 1 aromatic carbocycles. The lowest BCUT2D eigenvalue weighted by Gasteiger charge is -2.06. The molecule has 0 unspecified atom stereocenters. The molecular weight excluding hydrogens is 300 g/mol. The number of H-pyrrole nitrogens is 1. The minimum absolute atomic E-state index is 0.173. The standard InChI is InChI=1S/C17H17ClN2O2/c1-11-9-12(2)20-17(22)14(11)10-19-16(21)8-7-13-5-3-4-6-15(13)18/h3-9H,10H2,1-2H3,(H,19,21)(H,20,22)/b8-7+. The van der Waals surface area contributed by atoms with E-state index in [1.54, 1.807) is 12.1 Å². The van der Waals surface area contributed by atoms with Crippen molar-refractivity contribution in [1.82, 2.24) is 10.3 Å². The number of aromatic amines is 1. The second-order valence-corrected chi connectivity index (χ2v) is 5.42. The number of aromatic nitrogens is 1. The monoisotopic (exact) mass is 316 g/mol. The third-order valence-electron chi connectivity index (χ3n) is 3.25. The van der Waals surface area contributed by atoms with E-state index in [9.17, 15) is 9.59 Å². The van der Waals surface area contributed by atoms with Gasteiger partial charge in [0.1, 0.15) is 0 Å². The van der Waals surface area contributed by atoms with Gasteiger partial charge in [-0.15, -0.1) is 0 Å². The zero-order valence-electron chi connectivity index (χ0n) is 12.4. The molecule has 0 radical (unpaired) electrons. The molecule has 5 heteroatoms. The number of hydrogen-bond acceptors (Lipinski definition) is 2. The van der Waals surface area contributed by atoms with Crippen molar-refractivity contribution in [3.63, 3.8) is 0 Å². The highest BCUT2D eigenvalue weighted by Gasteiger charge is 2.06. The first-order chi connectivity index (χ1) is 10.5. The number of aryl methyl sites for hydroxylation is 2. The van der Waals surface area contributed by atoms with Crippen molar-refractivity contribution >= 4 is 23.6 Å². The quantitative estimate of drug-likeness (QED) is 0.852. The summed E-state index contributed by atoms with van der Waals surface area (Å²) < 4.78 is 0. The molecule has 1 amide bonds. The summed E-state index contributed by atoms with van der Waals surface area (Å²) >= 11 is 6.01. The fourth-order valence-electron chi connectivity index (χ4n) is 2.11. The van der Waals surface area contributed by atoms with Crippen molar-refractivity contribution in [3.05, 3.63) is 74.2 Å². The van der Waals surface area contributed by atoms with Crippen LogP contribution in [0, 0.1) is 13.8 Å². The minimum atomic E-state index is -0.278. The van der Waals surface area contributed by atoms with Crippen LogP contribution in [0.1, 0.15) is 22.4 Å². The largest absolute Gasteiger partial charge is 0.348 e. The van der Waals surface area contributed by atoms with Gasteiger partial charge in [0.05, 0.1) is 0 Å². The molecule has 0 bridgehead atoms. The van der Waals surface area contributed by atoms with Crippen molar-refractivity contribution in [2.75, 3.05) is 0 Å². The highest BCUT2D eigenvalue weighted by molar-refractivity contribution is 6.32. The molecule has 0 saturated carbocycles. The van der Waals surface area contributed by atoms with Gasteiger partial charge in [-0.25, -0.2) is 0 Å². The van der Waals surface area contributed by atoms with Crippen LogP contribution >= 0.6 is 11.6 Å². The summed E-state index contributed by atoms with van der Waals surface area (Å²) in [7, 11) is 0. The van der Waals surface area contributed by atoms with Crippen LogP contribution in [0.5, 0.6) is 0 Å². The molecule has 22 heavy (non-hydrogen) atoms. The van der Waals surface area contributed by atoms with Crippen molar-refractivity contribution in [2.45, 2.75) is 20.4 Å². The summed E-state index contributed by atoms with van der Waals surface area (Å²) in [6.07, 6.45) is 3.04. The van der Waals surface area contributed by atoms with E-state index < -0.39 is 0 Å². The number of halogens is 1. The maximum absolute atomic E-state index is 11.9. The fourth-order valence-corrected chi connectivity index (χ4v) is 2.31. The summed E-state index contributed by atoms with van der Waals surface area (Å²) in [6.45, 7) is 3.86. The van der Waals surface area contributed by atoms with Gasteiger partial charge in [-0.1, -0.05) is 29.8 Å². The number of rotatable bonds is 4. The fraction of sp³-hybridized carbons (Fsp3) is 0.176. The van der Waals surface area contributed by atoms with Crippen molar-refractivity contribution in [2.24, 2.45) is 0 Å². The van der Waals surface area contributed by atoms with Gasteiger partial charge in [-0.2, -0.15) is 0 Å². The molecule has 2 aromatic rings. The van der Waals surface area contributed by atoms with E-state index in [0.29, 0.717) is 10.6 Å². The van der Waals surface area contributed by atoms with E-state index in [1.165, 1.54) is 6.08 Å². The SMILES string of the molecule is Cc1cc(C)c(CNC(=O)/C=C/c2ccccc2Cl)c(=O)[nH]1. The predicted molar refractivity (Wildman–Crippen MR) is 88.9 cm³/mol. The van der Waals surface area contributed by atoms with E-state index in [2.05, 4.69) is 10.3 Å². The topological polar surface area (TPSA) is 62.0 Å². The molecule has 0 aliphatic carbocycles. The normalized spacial score (nSPS) is 10.9. The Morgan fingerprint density at radius 2 is 2.05 bits per heavy atom. The maximum Gasteiger partial charge on any atom is 0.253 e. The minimum Gasteiger partial charge on any atom is -0.348 e. The Kier molecular flexibility index (Phi) is 5.17. The van der Waals surface area contributed by atoms with Crippen LogP contribution in [0.3, 0.4) is 0 Å². The second-order valence-electron chi connectivity index (χ2n) is 5.02. The van der Waals surface area contributed by atoms with Crippen molar-refractivity contribution in [3.8, 4) is 0 Å². The Morgan fingerprint density at radius 3 is 2.73 bits per heavy atom. The van der Waals surface area contributed by atoms with Gasteiger partial charge >= 0.3 is 0 Å². The van der Waals surface area contributed by atoms with Gasteiger partial charge < -0.3 is 10.3 Å². The highest BCUT2D eigenvalue weighted by atomic mass is 35.5. The summed E-state index contributed by atoms with van der Waals surface area (Å²) in [6, 6.07) is 9.13. The van der Waals surface area contributed by atoms with Gasteiger partial charge in [0.25, 0.3) is 5.56 Å². The van der Waals surface area contributed by atoms with E-state index in [4.69, 9.17) is 11.6 Å². The number of benzene rings is 1. The zero-order valence-corrected chi connectivity index (χ0v) is 13.2. The average Bonchev–Trinajstić information content (AvgIpc) is 2.45. The number of hydrogen-bond donors (Lipinski definition) is 2. The van der Waals surface area contributed by atoms with E-state index in [0.717, 1.165) is 16.8 Å². The summed E-state index contributed by atoms with van der Waals surface area (Å²) in [5, 5.41) is 3.28. The van der Waals surface area contributed by atoms with Gasteiger partial charge in [0.15, 0.2) is 0 Å². The summed E-state index contributed by atoms with van der Waals surface area (Å²) in [5.41, 5.74) is 2.81. The molecule has 0 spiro atoms. The number of carbonyl (C=O) groups excluding carboxylic acids is 1. The third-order valence-corrected chi connectivity index (χ3v) is 3.60. The van der Waals surface area contributed by atoms with Crippen LogP contribution in [0.25, 0.3) is 6.08 Å². The van der Waals surface area contributed by atoms with Crippen molar-refractivity contribution in [1.29, 1.82) is 0 Å². The van der Waals surface area contributed by atoms with Gasteiger partial charge in [-0.05, 0) is 43.2 Å². The van der Waals surface area contributed by atoms with Gasteiger partial charge in [0.2, 0.25) is 5.91 Å². The Labute approximate surface area is 133 Å². The van der Waals surface area contributed by atoms with Crippen LogP contribution in [0.15, 0.2) is 41.2 Å². The first kappa shape index (κ1) is 16.0. The Balaban J connectivity index is 2.02. The number of amides is 1. The molecule has 0 aliphatic heterocycles. The maximum atomic E-state index is 11.9. The molecule has 0 saturated heterocycles. The first-order valence-corrected chi connectivity index (χ1v) is 7.25. The lowest BCUT2D eigenvalue weighted by Crippen LogP contribution is -2.26. The van der Waals surface area contributed by atoms with Gasteiger partial charge in [0, 0.05) is 28.9 Å². The third kappa shape index (κ3) is 4.09. The summed E-state index contributed by atoms with van der Waals surface area (Å²) in [4.78, 5) is 26.4. The second kappa shape index (κ2) is 7.09. The smallest absolute Gasteiger partial charge is 0.253 e. The van der Waals surface area contributed by atoms with Crippen LogP contribution < -0.4 is 10.9 Å². The Hall–Kier alpha value is -2.33. The molecule has 0 fully saturated rings. The zero-order chi connectivity index (χ0) is 16.1. The Morgan fingerprint density at radius 1 is 1.32 bits per heavy atom. The lowest BCUT2D eigenvalue weighted by molar-refractivity contribution is -0.116. The van der Waals surface area contributed by atoms with Crippen LogP contribution in [-0.2, 0) is 11.3 Å². The molecule has 0 aliphatic rings. The van der Waals surface area contributed by atoms with Crippen molar-refractivity contribution < 1.29 is 4.79 Å². The predicted octanol–water partition coefficient (Wildman–Crippen LogP) is 2.97. The van der Waals surface area contributed by atoms with Crippen LogP contribution in [0.4, 0.5) is 0 Å². The molecule has 2 rings (SSSR count). The number of carbonyl (C=O) groups is 1. The summed E-state index contributed by atoms with van der Waals surface area (Å²) in [5.74, 6) is -0.278. The van der Waals surface area contributed by atoms with E-state index in [-0.39, 0.29) is 18.0 Å². The van der Waals surface area contributed by atoms with Crippen LogP contribution in [-0.4, -0.2) is 10.9 Å². The lowest BCUT2D eigenvalue weighted by atomic mass is 10.1. The van der Waals surface area contributed by atoms with E-state index in [1.807, 2.05) is 38.1 Å². The number of pyridine rings is 1. The Bertz CT molecular complexity index is 778. The molecule has 1 aromatic heterocycles.